The second-order valence-corrected chi connectivity index (χ2v) is 2.98. The van der Waals surface area contributed by atoms with E-state index in [2.05, 4.69) is 16.9 Å². The standard InChI is InChI=1S/C10H9F4NO/c1-6(15-16-2)7-3-4-9(11)8(5-7)10(12,13)14/h3-5,15H,1H2,2H3. The minimum atomic E-state index is -4.73. The highest BCUT2D eigenvalue weighted by molar-refractivity contribution is 5.61. The third-order valence-corrected chi connectivity index (χ3v) is 1.85. The van der Waals surface area contributed by atoms with Crippen LogP contribution in [0.4, 0.5) is 17.6 Å². The van der Waals surface area contributed by atoms with Crippen LogP contribution in [-0.2, 0) is 11.0 Å². The van der Waals surface area contributed by atoms with Crippen molar-refractivity contribution in [3.8, 4) is 0 Å². The van der Waals surface area contributed by atoms with E-state index in [0.717, 1.165) is 6.07 Å². The van der Waals surface area contributed by atoms with Crippen LogP contribution in [0, 0.1) is 5.82 Å². The van der Waals surface area contributed by atoms with Gasteiger partial charge in [0.2, 0.25) is 0 Å². The van der Waals surface area contributed by atoms with E-state index in [4.69, 9.17) is 0 Å². The molecule has 6 heteroatoms. The fraction of sp³-hybridized carbons (Fsp3) is 0.200. The van der Waals surface area contributed by atoms with Gasteiger partial charge in [-0.1, -0.05) is 6.58 Å². The van der Waals surface area contributed by atoms with Gasteiger partial charge in [-0.25, -0.2) is 4.39 Å². The molecule has 0 saturated carbocycles. The molecule has 88 valence electrons. The number of nitrogens with one attached hydrogen (secondary N) is 1. The van der Waals surface area contributed by atoms with Crippen molar-refractivity contribution >= 4 is 5.70 Å². The SMILES string of the molecule is C=C(NOC)c1ccc(F)c(C(F)(F)F)c1. The third kappa shape index (κ3) is 2.73. The molecule has 0 aliphatic heterocycles. The van der Waals surface area contributed by atoms with Crippen LogP contribution in [0.5, 0.6) is 0 Å². The lowest BCUT2D eigenvalue weighted by Crippen LogP contribution is -2.12. The number of hydrogen-bond donors (Lipinski definition) is 1. The molecule has 0 unspecified atom stereocenters. The monoisotopic (exact) mass is 235 g/mol. The van der Waals surface area contributed by atoms with Crippen molar-refractivity contribution < 1.29 is 22.4 Å². The number of hydrogen-bond acceptors (Lipinski definition) is 2. The van der Waals surface area contributed by atoms with Crippen molar-refractivity contribution in [1.82, 2.24) is 5.48 Å². The lowest BCUT2D eigenvalue weighted by Gasteiger charge is -2.11. The van der Waals surface area contributed by atoms with Gasteiger partial charge in [-0.15, -0.1) is 0 Å². The van der Waals surface area contributed by atoms with Crippen LogP contribution in [0.2, 0.25) is 0 Å². The van der Waals surface area contributed by atoms with Gasteiger partial charge >= 0.3 is 6.18 Å². The molecule has 0 aliphatic rings. The molecule has 16 heavy (non-hydrogen) atoms. The van der Waals surface area contributed by atoms with Gasteiger partial charge in [0.15, 0.2) is 0 Å². The molecule has 0 aliphatic carbocycles. The van der Waals surface area contributed by atoms with E-state index >= 15 is 0 Å². The molecule has 0 spiro atoms. The molecule has 2 nitrogen and oxygen atoms in total. The van der Waals surface area contributed by atoms with Gasteiger partial charge < -0.3 is 0 Å². The van der Waals surface area contributed by atoms with Crippen molar-refractivity contribution in [3.05, 3.63) is 41.7 Å². The molecule has 1 aromatic rings. The molecule has 0 aromatic heterocycles. The zero-order valence-corrected chi connectivity index (χ0v) is 8.36. The Morgan fingerprint density at radius 2 is 2.00 bits per heavy atom. The highest BCUT2D eigenvalue weighted by Crippen LogP contribution is 2.32. The highest BCUT2D eigenvalue weighted by atomic mass is 19.4. The summed E-state index contributed by atoms with van der Waals surface area (Å²) in [5.41, 5.74) is 1.17. The maximum atomic E-state index is 12.9. The van der Waals surface area contributed by atoms with Crippen molar-refractivity contribution in [3.63, 3.8) is 0 Å². The van der Waals surface area contributed by atoms with Crippen LogP contribution in [0.3, 0.4) is 0 Å². The average Bonchev–Trinajstić information content (AvgIpc) is 2.16. The molecule has 1 N–H and O–H groups in total. The van der Waals surface area contributed by atoms with Crippen LogP contribution in [0.25, 0.3) is 5.70 Å². The summed E-state index contributed by atoms with van der Waals surface area (Å²) in [7, 11) is 1.29. The van der Waals surface area contributed by atoms with Crippen molar-refractivity contribution in [2.45, 2.75) is 6.18 Å². The molecule has 1 rings (SSSR count). The normalized spacial score (nSPS) is 11.3. The number of benzene rings is 1. The average molecular weight is 235 g/mol. The van der Waals surface area contributed by atoms with E-state index < -0.39 is 17.6 Å². The van der Waals surface area contributed by atoms with E-state index in [1.54, 1.807) is 0 Å². The second kappa shape index (κ2) is 4.52. The predicted octanol–water partition coefficient (Wildman–Crippen LogP) is 2.97. The van der Waals surface area contributed by atoms with Gasteiger partial charge in [-0.2, -0.15) is 13.2 Å². The maximum Gasteiger partial charge on any atom is 0.419 e. The van der Waals surface area contributed by atoms with Gasteiger partial charge in [0.25, 0.3) is 0 Å². The number of hydroxylamine groups is 1. The van der Waals surface area contributed by atoms with Gasteiger partial charge in [0, 0.05) is 5.56 Å². The van der Waals surface area contributed by atoms with Crippen LogP contribution in [0.1, 0.15) is 11.1 Å². The van der Waals surface area contributed by atoms with E-state index in [9.17, 15) is 17.6 Å². The summed E-state index contributed by atoms with van der Waals surface area (Å²) in [5.74, 6) is -1.32. The summed E-state index contributed by atoms with van der Waals surface area (Å²) in [6, 6.07) is 2.59. The molecule has 1 aromatic carbocycles. The van der Waals surface area contributed by atoms with Gasteiger partial charge in [0.1, 0.15) is 5.82 Å². The summed E-state index contributed by atoms with van der Waals surface area (Å²) in [5, 5.41) is 0. The molecule has 0 radical (unpaired) electrons. The smallest absolute Gasteiger partial charge is 0.279 e. The second-order valence-electron chi connectivity index (χ2n) is 2.98. The molecule has 0 bridgehead atoms. The lowest BCUT2D eigenvalue weighted by molar-refractivity contribution is -0.140. The van der Waals surface area contributed by atoms with Gasteiger partial charge in [0.05, 0.1) is 18.4 Å². The Morgan fingerprint density at radius 3 is 2.50 bits per heavy atom. The summed E-state index contributed by atoms with van der Waals surface area (Å²) in [6.45, 7) is 3.44. The quantitative estimate of drug-likeness (QED) is 0.642. The Labute approximate surface area is 89.5 Å². The van der Waals surface area contributed by atoms with Gasteiger partial charge in [-0.05, 0) is 18.2 Å². The first kappa shape index (κ1) is 12.5. The summed E-state index contributed by atoms with van der Waals surface area (Å²) >= 11 is 0. The summed E-state index contributed by atoms with van der Waals surface area (Å²) < 4.78 is 50.0. The topological polar surface area (TPSA) is 21.3 Å². The summed E-state index contributed by atoms with van der Waals surface area (Å²) in [6.07, 6.45) is -4.73. The maximum absolute atomic E-state index is 12.9. The predicted molar refractivity (Wildman–Crippen MR) is 50.6 cm³/mol. The number of alkyl halides is 3. The van der Waals surface area contributed by atoms with Crippen molar-refractivity contribution in [2.75, 3.05) is 7.11 Å². The Bertz CT molecular complexity index is 400. The molecular weight excluding hydrogens is 226 g/mol. The first-order valence-electron chi connectivity index (χ1n) is 4.21. The number of halogens is 4. The molecule has 0 heterocycles. The van der Waals surface area contributed by atoms with Gasteiger partial charge in [-0.3, -0.25) is 10.3 Å². The molecule has 0 amide bonds. The van der Waals surface area contributed by atoms with E-state index in [1.807, 2.05) is 0 Å². The zero-order valence-electron chi connectivity index (χ0n) is 8.36. The Hall–Kier alpha value is -1.56. The molecule has 0 fully saturated rings. The first-order chi connectivity index (χ1) is 7.36. The molecule has 0 atom stereocenters. The van der Waals surface area contributed by atoms with Crippen molar-refractivity contribution in [2.24, 2.45) is 0 Å². The zero-order chi connectivity index (χ0) is 12.3. The molecule has 0 saturated heterocycles. The third-order valence-electron chi connectivity index (χ3n) is 1.85. The van der Waals surface area contributed by atoms with E-state index in [-0.39, 0.29) is 11.3 Å². The fourth-order valence-corrected chi connectivity index (χ4v) is 1.11. The van der Waals surface area contributed by atoms with Crippen LogP contribution < -0.4 is 5.48 Å². The molecular formula is C10H9F4NO. The van der Waals surface area contributed by atoms with Crippen LogP contribution in [-0.4, -0.2) is 7.11 Å². The fourth-order valence-electron chi connectivity index (χ4n) is 1.11. The van der Waals surface area contributed by atoms with E-state index in [0.29, 0.717) is 6.07 Å². The minimum absolute atomic E-state index is 0.107. The Kier molecular flexibility index (Phi) is 3.54. The summed E-state index contributed by atoms with van der Waals surface area (Å²) in [4.78, 5) is 4.49. The van der Waals surface area contributed by atoms with Crippen LogP contribution in [0.15, 0.2) is 24.8 Å². The lowest BCUT2D eigenvalue weighted by atomic mass is 10.1. The first-order valence-corrected chi connectivity index (χ1v) is 4.21. The Morgan fingerprint density at radius 1 is 1.38 bits per heavy atom. The van der Waals surface area contributed by atoms with Crippen LogP contribution >= 0.6 is 0 Å². The van der Waals surface area contributed by atoms with E-state index in [1.165, 1.54) is 13.2 Å². The highest BCUT2D eigenvalue weighted by Gasteiger charge is 2.34. The van der Waals surface area contributed by atoms with Crippen molar-refractivity contribution in [1.29, 1.82) is 0 Å². The minimum Gasteiger partial charge on any atom is -0.279 e. The largest absolute Gasteiger partial charge is 0.419 e. The number of rotatable bonds is 3. The Balaban J connectivity index is 3.13.